The van der Waals surface area contributed by atoms with Crippen molar-refractivity contribution in [2.24, 2.45) is 12.0 Å². The molecular formula is C17H15ClN2O2S. The van der Waals surface area contributed by atoms with Crippen LogP contribution in [0.2, 0.25) is 5.02 Å². The summed E-state index contributed by atoms with van der Waals surface area (Å²) < 4.78 is 8.07. The van der Waals surface area contributed by atoms with Crippen LogP contribution in [0.15, 0.2) is 41.4 Å². The molecule has 0 aliphatic carbocycles. The molecule has 1 aromatic heterocycles. The molecule has 6 heteroatoms. The monoisotopic (exact) mass is 346 g/mol. The SMILES string of the molecule is COc1cccc(C(=O)N=c2sc3cc(Cl)cc(C)c3n2C)c1. The van der Waals surface area contributed by atoms with Gasteiger partial charge in [0.15, 0.2) is 4.80 Å². The van der Waals surface area contributed by atoms with Crippen LogP contribution in [0.3, 0.4) is 0 Å². The first-order chi connectivity index (χ1) is 11.0. The molecule has 0 spiro atoms. The number of aromatic nitrogens is 1. The Bertz CT molecular complexity index is 972. The Morgan fingerprint density at radius 3 is 2.83 bits per heavy atom. The zero-order chi connectivity index (χ0) is 16.6. The fraction of sp³-hybridized carbons (Fsp3) is 0.176. The summed E-state index contributed by atoms with van der Waals surface area (Å²) in [6, 6.07) is 10.8. The standard InChI is InChI=1S/C17H15ClN2O2S/c1-10-7-12(18)9-14-15(10)20(2)17(23-14)19-16(21)11-5-4-6-13(8-11)22-3/h4-9H,1-3H3. The Hall–Kier alpha value is -2.11. The molecule has 0 saturated heterocycles. The Balaban J connectivity index is 2.12. The van der Waals surface area contributed by atoms with E-state index >= 15 is 0 Å². The summed E-state index contributed by atoms with van der Waals surface area (Å²) in [7, 11) is 3.47. The highest BCUT2D eigenvalue weighted by Gasteiger charge is 2.10. The van der Waals surface area contributed by atoms with E-state index in [1.165, 1.54) is 11.3 Å². The Morgan fingerprint density at radius 1 is 1.30 bits per heavy atom. The number of hydrogen-bond acceptors (Lipinski definition) is 3. The van der Waals surface area contributed by atoms with Gasteiger partial charge in [-0.25, -0.2) is 0 Å². The quantitative estimate of drug-likeness (QED) is 0.705. The van der Waals surface area contributed by atoms with E-state index in [1.807, 2.05) is 30.7 Å². The van der Waals surface area contributed by atoms with Crippen LogP contribution in [-0.2, 0) is 7.05 Å². The zero-order valence-electron chi connectivity index (χ0n) is 13.0. The molecule has 2 aromatic carbocycles. The average Bonchev–Trinajstić information content (AvgIpc) is 2.83. The molecular weight excluding hydrogens is 332 g/mol. The average molecular weight is 347 g/mol. The van der Waals surface area contributed by atoms with Crippen molar-refractivity contribution in [3.63, 3.8) is 0 Å². The minimum atomic E-state index is -0.296. The van der Waals surface area contributed by atoms with Crippen molar-refractivity contribution in [1.82, 2.24) is 4.57 Å². The molecule has 1 amide bonds. The Kier molecular flexibility index (Phi) is 4.24. The molecule has 0 aliphatic heterocycles. The summed E-state index contributed by atoms with van der Waals surface area (Å²) in [5, 5.41) is 0.683. The first-order valence-electron chi connectivity index (χ1n) is 6.98. The van der Waals surface area contributed by atoms with Crippen LogP contribution in [0.4, 0.5) is 0 Å². The third-order valence-electron chi connectivity index (χ3n) is 3.57. The summed E-state index contributed by atoms with van der Waals surface area (Å²) in [4.78, 5) is 17.3. The van der Waals surface area contributed by atoms with E-state index in [1.54, 1.807) is 31.4 Å². The van der Waals surface area contributed by atoms with Crippen molar-refractivity contribution in [2.45, 2.75) is 6.92 Å². The van der Waals surface area contributed by atoms with Crippen molar-refractivity contribution in [2.75, 3.05) is 7.11 Å². The highest BCUT2D eigenvalue weighted by molar-refractivity contribution is 7.16. The first kappa shape index (κ1) is 15.8. The maximum atomic E-state index is 12.4. The summed E-state index contributed by atoms with van der Waals surface area (Å²) in [5.74, 6) is 0.337. The summed E-state index contributed by atoms with van der Waals surface area (Å²) in [6.45, 7) is 1.99. The van der Waals surface area contributed by atoms with Gasteiger partial charge in [0, 0.05) is 17.6 Å². The van der Waals surface area contributed by atoms with Gasteiger partial charge in [0.25, 0.3) is 5.91 Å². The second-order valence-electron chi connectivity index (χ2n) is 5.16. The maximum Gasteiger partial charge on any atom is 0.279 e. The summed E-state index contributed by atoms with van der Waals surface area (Å²) in [6.07, 6.45) is 0. The van der Waals surface area contributed by atoms with E-state index in [-0.39, 0.29) is 5.91 Å². The van der Waals surface area contributed by atoms with Crippen molar-refractivity contribution in [3.8, 4) is 5.75 Å². The number of carbonyl (C=O) groups excluding carboxylic acids is 1. The molecule has 0 fully saturated rings. The molecule has 4 nitrogen and oxygen atoms in total. The number of benzene rings is 2. The van der Waals surface area contributed by atoms with Crippen LogP contribution in [0.25, 0.3) is 10.2 Å². The number of aryl methyl sites for hydroxylation is 2. The van der Waals surface area contributed by atoms with Gasteiger partial charge in [-0.3, -0.25) is 4.79 Å². The minimum absolute atomic E-state index is 0.296. The molecule has 118 valence electrons. The molecule has 0 radical (unpaired) electrons. The molecule has 0 unspecified atom stereocenters. The van der Waals surface area contributed by atoms with E-state index in [4.69, 9.17) is 16.3 Å². The molecule has 23 heavy (non-hydrogen) atoms. The number of methoxy groups -OCH3 is 1. The van der Waals surface area contributed by atoms with Gasteiger partial charge < -0.3 is 9.30 Å². The predicted octanol–water partition coefficient (Wildman–Crippen LogP) is 3.95. The minimum Gasteiger partial charge on any atom is -0.497 e. The van der Waals surface area contributed by atoms with E-state index < -0.39 is 0 Å². The summed E-state index contributed by atoms with van der Waals surface area (Å²) >= 11 is 7.55. The van der Waals surface area contributed by atoms with E-state index in [0.29, 0.717) is 21.1 Å². The second kappa shape index (κ2) is 6.18. The zero-order valence-corrected chi connectivity index (χ0v) is 14.5. The lowest BCUT2D eigenvalue weighted by atomic mass is 10.2. The molecule has 3 aromatic rings. The number of carbonyl (C=O) groups is 1. The van der Waals surface area contributed by atoms with Crippen LogP contribution in [0.5, 0.6) is 5.75 Å². The molecule has 0 saturated carbocycles. The predicted molar refractivity (Wildman–Crippen MR) is 93.4 cm³/mol. The van der Waals surface area contributed by atoms with E-state index in [0.717, 1.165) is 15.8 Å². The maximum absolute atomic E-state index is 12.4. The molecule has 1 heterocycles. The van der Waals surface area contributed by atoms with Gasteiger partial charge in [-0.15, -0.1) is 0 Å². The number of amides is 1. The third kappa shape index (κ3) is 3.02. The molecule has 3 rings (SSSR count). The van der Waals surface area contributed by atoms with Crippen molar-refractivity contribution >= 4 is 39.1 Å². The van der Waals surface area contributed by atoms with Gasteiger partial charge in [-0.05, 0) is 42.8 Å². The van der Waals surface area contributed by atoms with E-state index in [9.17, 15) is 4.79 Å². The topological polar surface area (TPSA) is 43.6 Å². The number of ether oxygens (including phenoxy) is 1. The van der Waals surface area contributed by atoms with Crippen LogP contribution in [-0.4, -0.2) is 17.6 Å². The van der Waals surface area contributed by atoms with Gasteiger partial charge in [0.2, 0.25) is 0 Å². The second-order valence-corrected chi connectivity index (χ2v) is 6.61. The van der Waals surface area contributed by atoms with Gasteiger partial charge in [0.05, 0.1) is 17.3 Å². The first-order valence-corrected chi connectivity index (χ1v) is 8.18. The number of hydrogen-bond donors (Lipinski definition) is 0. The van der Waals surface area contributed by atoms with E-state index in [2.05, 4.69) is 4.99 Å². The number of halogens is 1. The lowest BCUT2D eigenvalue weighted by Gasteiger charge is -2.01. The number of rotatable bonds is 2. The van der Waals surface area contributed by atoms with Crippen molar-refractivity contribution < 1.29 is 9.53 Å². The van der Waals surface area contributed by atoms with Crippen LogP contribution < -0.4 is 9.54 Å². The molecule has 0 bridgehead atoms. The van der Waals surface area contributed by atoms with Crippen molar-refractivity contribution in [1.29, 1.82) is 0 Å². The van der Waals surface area contributed by atoms with Crippen LogP contribution in [0.1, 0.15) is 15.9 Å². The fourth-order valence-corrected chi connectivity index (χ4v) is 3.95. The normalized spacial score (nSPS) is 11.9. The van der Waals surface area contributed by atoms with Crippen LogP contribution >= 0.6 is 22.9 Å². The largest absolute Gasteiger partial charge is 0.497 e. The Morgan fingerprint density at radius 2 is 2.09 bits per heavy atom. The van der Waals surface area contributed by atoms with Gasteiger partial charge >= 0.3 is 0 Å². The Labute approximate surface area is 142 Å². The smallest absolute Gasteiger partial charge is 0.279 e. The highest BCUT2D eigenvalue weighted by Crippen LogP contribution is 2.25. The number of fused-ring (bicyclic) bond motifs is 1. The summed E-state index contributed by atoms with van der Waals surface area (Å²) in [5.41, 5.74) is 2.59. The number of thiazole rings is 1. The van der Waals surface area contributed by atoms with Crippen molar-refractivity contribution in [3.05, 3.63) is 57.3 Å². The highest BCUT2D eigenvalue weighted by atomic mass is 35.5. The van der Waals surface area contributed by atoms with Gasteiger partial charge in [0.1, 0.15) is 5.75 Å². The molecule has 0 aliphatic rings. The third-order valence-corrected chi connectivity index (χ3v) is 4.86. The van der Waals surface area contributed by atoms with Crippen LogP contribution in [0, 0.1) is 6.92 Å². The fourth-order valence-electron chi connectivity index (χ4n) is 2.48. The van der Waals surface area contributed by atoms with Gasteiger partial charge in [-0.1, -0.05) is 29.0 Å². The number of nitrogens with zero attached hydrogens (tertiary/aromatic N) is 2. The molecule has 0 N–H and O–H groups in total. The molecule has 0 atom stereocenters. The lowest BCUT2D eigenvalue weighted by Crippen LogP contribution is -2.13. The lowest BCUT2D eigenvalue weighted by molar-refractivity contribution is 0.0997. The van der Waals surface area contributed by atoms with Gasteiger partial charge in [-0.2, -0.15) is 4.99 Å².